The minimum atomic E-state index is -3.23. The van der Waals surface area contributed by atoms with Gasteiger partial charge in [0.1, 0.15) is 0 Å². The van der Waals surface area contributed by atoms with Crippen LogP contribution in [0.5, 0.6) is 0 Å². The number of hydrogen-bond donors (Lipinski definition) is 3. The molecule has 6 nitrogen and oxygen atoms in total. The molecule has 0 radical (unpaired) electrons. The molecule has 0 aromatic heterocycles. The zero-order valence-electron chi connectivity index (χ0n) is 10.9. The molecule has 3 N–H and O–H groups in total. The molecule has 0 unspecified atom stereocenters. The lowest BCUT2D eigenvalue weighted by Crippen LogP contribution is -2.28. The maximum absolute atomic E-state index is 12.1. The van der Waals surface area contributed by atoms with Crippen molar-refractivity contribution in [3.8, 4) is 0 Å². The van der Waals surface area contributed by atoms with Crippen molar-refractivity contribution in [3.63, 3.8) is 0 Å². The summed E-state index contributed by atoms with van der Waals surface area (Å²) < 4.78 is 21.4. The van der Waals surface area contributed by atoms with E-state index in [-0.39, 0.29) is 23.8 Å². The summed E-state index contributed by atoms with van der Waals surface area (Å²) in [4.78, 5) is 22.8. The molecule has 7 heteroatoms. The number of fused-ring (bicyclic) bond motifs is 1. The lowest BCUT2D eigenvalue weighted by molar-refractivity contribution is -0.137. The highest BCUT2D eigenvalue weighted by molar-refractivity contribution is 8.23. The van der Waals surface area contributed by atoms with Crippen LogP contribution in [0.15, 0.2) is 29.2 Å². The highest BCUT2D eigenvalue weighted by Gasteiger charge is 2.40. The number of unbranched alkanes of at least 4 members (excludes halogenated alkanes) is 2. The molecule has 1 aromatic carbocycles. The van der Waals surface area contributed by atoms with Gasteiger partial charge in [0.05, 0.1) is 10.5 Å². The Morgan fingerprint density at radius 3 is 2.50 bits per heavy atom. The zero-order chi connectivity index (χ0) is 14.8. The Bertz CT molecular complexity index is 531. The van der Waals surface area contributed by atoms with Gasteiger partial charge in [0.25, 0.3) is 5.91 Å². The van der Waals surface area contributed by atoms with Crippen LogP contribution in [0.2, 0.25) is 0 Å². The van der Waals surface area contributed by atoms with Gasteiger partial charge in [0.15, 0.2) is 0 Å². The first kappa shape index (κ1) is 14.8. The van der Waals surface area contributed by atoms with Crippen LogP contribution in [0.3, 0.4) is 0 Å². The largest absolute Gasteiger partial charge is 0.481 e. The molecule has 0 fully saturated rings. The van der Waals surface area contributed by atoms with Gasteiger partial charge in [-0.2, -0.15) is 0 Å². The Hall–Kier alpha value is -1.57. The predicted octanol–water partition coefficient (Wildman–Crippen LogP) is 2.81. The van der Waals surface area contributed by atoms with Crippen molar-refractivity contribution in [2.45, 2.75) is 30.6 Å². The van der Waals surface area contributed by atoms with Gasteiger partial charge >= 0.3 is 5.97 Å². The van der Waals surface area contributed by atoms with E-state index in [4.69, 9.17) is 5.11 Å². The molecule has 1 heterocycles. The predicted molar refractivity (Wildman–Crippen MR) is 74.7 cm³/mol. The number of rotatable bonds is 6. The third kappa shape index (κ3) is 2.79. The molecule has 1 aliphatic rings. The molecular formula is C13H17NO5S. The van der Waals surface area contributed by atoms with Crippen molar-refractivity contribution in [3.05, 3.63) is 29.8 Å². The first-order valence-electron chi connectivity index (χ1n) is 6.35. The molecule has 1 amide bonds. The fourth-order valence-electron chi connectivity index (χ4n) is 2.19. The molecule has 110 valence electrons. The fraction of sp³-hybridized carbons (Fsp3) is 0.385. The van der Waals surface area contributed by atoms with E-state index in [0.717, 1.165) is 4.31 Å². The molecule has 0 spiro atoms. The fourth-order valence-corrected chi connectivity index (χ4v) is 3.85. The topological polar surface area (TPSA) is 98.1 Å². The molecule has 20 heavy (non-hydrogen) atoms. The number of carboxylic acid groups (broad SMARTS) is 1. The maximum Gasteiger partial charge on any atom is 0.303 e. The number of nitrogens with zero attached hydrogens (tertiary/aromatic N) is 1. The van der Waals surface area contributed by atoms with Crippen LogP contribution in [0.1, 0.15) is 36.0 Å². The Balaban J connectivity index is 1.97. The van der Waals surface area contributed by atoms with Crippen molar-refractivity contribution in [1.82, 2.24) is 4.31 Å². The van der Waals surface area contributed by atoms with E-state index in [1.807, 2.05) is 0 Å². The number of aliphatic carboxylic acids is 1. The normalized spacial score (nSPS) is 17.9. The van der Waals surface area contributed by atoms with Gasteiger partial charge in [0, 0.05) is 13.0 Å². The molecule has 2 rings (SSSR count). The van der Waals surface area contributed by atoms with E-state index in [9.17, 15) is 18.7 Å². The molecule has 0 aliphatic carbocycles. The van der Waals surface area contributed by atoms with E-state index >= 15 is 0 Å². The summed E-state index contributed by atoms with van der Waals surface area (Å²) >= 11 is 0. The summed E-state index contributed by atoms with van der Waals surface area (Å²) in [6.07, 6.45) is 1.78. The highest BCUT2D eigenvalue weighted by atomic mass is 32.3. The summed E-state index contributed by atoms with van der Waals surface area (Å²) in [5, 5.41) is 8.53. The van der Waals surface area contributed by atoms with Crippen molar-refractivity contribution < 1.29 is 23.8 Å². The second-order valence-electron chi connectivity index (χ2n) is 4.63. The smallest absolute Gasteiger partial charge is 0.303 e. The Morgan fingerprint density at radius 1 is 1.15 bits per heavy atom. The molecule has 1 aliphatic heterocycles. The van der Waals surface area contributed by atoms with Crippen LogP contribution in [-0.4, -0.2) is 36.9 Å². The molecule has 0 saturated carbocycles. The Kier molecular flexibility index (Phi) is 4.32. The highest BCUT2D eigenvalue weighted by Crippen LogP contribution is 2.58. The standard InChI is InChI=1S/C13H17NO5S/c15-12(16)8-2-1-5-9-14-13(17)10-6-3-4-7-11(10)20(14,18)19/h3-4,6-7,18-19H,1-2,5,8-9H2,(H,15,16). The van der Waals surface area contributed by atoms with Gasteiger partial charge in [-0.05, 0) is 25.0 Å². The number of amides is 1. The molecular weight excluding hydrogens is 282 g/mol. The molecule has 1 aromatic rings. The van der Waals surface area contributed by atoms with E-state index in [1.54, 1.807) is 24.3 Å². The monoisotopic (exact) mass is 299 g/mol. The van der Waals surface area contributed by atoms with Crippen LogP contribution in [0.4, 0.5) is 0 Å². The van der Waals surface area contributed by atoms with Crippen molar-refractivity contribution in [2.75, 3.05) is 6.54 Å². The quantitative estimate of drug-likeness (QED) is 0.702. The van der Waals surface area contributed by atoms with Crippen molar-refractivity contribution in [2.24, 2.45) is 0 Å². The number of carbonyl (C=O) groups excluding carboxylic acids is 1. The third-order valence-electron chi connectivity index (χ3n) is 3.20. The summed E-state index contributed by atoms with van der Waals surface area (Å²) in [6, 6.07) is 6.47. The minimum absolute atomic E-state index is 0.0877. The molecule has 0 saturated heterocycles. The van der Waals surface area contributed by atoms with Gasteiger partial charge in [-0.15, -0.1) is 0 Å². The van der Waals surface area contributed by atoms with Gasteiger partial charge < -0.3 is 5.11 Å². The van der Waals surface area contributed by atoms with Gasteiger partial charge in [0.2, 0.25) is 0 Å². The lowest BCUT2D eigenvalue weighted by Gasteiger charge is -2.36. The summed E-state index contributed by atoms with van der Waals surface area (Å²) in [7, 11) is -3.23. The first-order chi connectivity index (χ1) is 9.44. The molecule has 0 bridgehead atoms. The van der Waals surface area contributed by atoms with Gasteiger partial charge in [-0.1, -0.05) is 29.3 Å². The average Bonchev–Trinajstić information content (AvgIpc) is 2.59. The summed E-state index contributed by atoms with van der Waals surface area (Å²) in [6.45, 7) is 0.218. The lowest BCUT2D eigenvalue weighted by atomic mass is 10.2. The number of benzene rings is 1. The molecule has 0 atom stereocenters. The van der Waals surface area contributed by atoms with E-state index in [0.29, 0.717) is 24.8 Å². The number of hydrogen-bond acceptors (Lipinski definition) is 4. The number of carboxylic acids is 1. The third-order valence-corrected chi connectivity index (χ3v) is 5.11. The SMILES string of the molecule is O=C(O)CCCCCN1C(=O)c2ccccc2S1(O)O. The second-order valence-corrected chi connectivity index (χ2v) is 6.54. The Labute approximate surface area is 118 Å². The van der Waals surface area contributed by atoms with E-state index < -0.39 is 16.7 Å². The summed E-state index contributed by atoms with van der Waals surface area (Å²) in [5.74, 6) is -1.22. The minimum Gasteiger partial charge on any atom is -0.481 e. The van der Waals surface area contributed by atoms with Crippen molar-refractivity contribution >= 4 is 22.7 Å². The van der Waals surface area contributed by atoms with Crippen molar-refractivity contribution in [1.29, 1.82) is 0 Å². The summed E-state index contributed by atoms with van der Waals surface area (Å²) in [5.41, 5.74) is 0.332. The van der Waals surface area contributed by atoms with Crippen LogP contribution >= 0.6 is 10.8 Å². The van der Waals surface area contributed by atoms with Crippen LogP contribution < -0.4 is 0 Å². The second kappa shape index (κ2) is 5.82. The number of carbonyl (C=O) groups is 2. The van der Waals surface area contributed by atoms with Crippen LogP contribution in [-0.2, 0) is 4.79 Å². The van der Waals surface area contributed by atoms with Gasteiger partial charge in [-0.3, -0.25) is 18.7 Å². The van der Waals surface area contributed by atoms with Crippen LogP contribution in [0, 0.1) is 0 Å². The van der Waals surface area contributed by atoms with Gasteiger partial charge in [-0.25, -0.2) is 4.31 Å². The van der Waals surface area contributed by atoms with Crippen LogP contribution in [0.25, 0.3) is 0 Å². The maximum atomic E-state index is 12.1. The first-order valence-corrected chi connectivity index (χ1v) is 7.86. The van der Waals surface area contributed by atoms with E-state index in [1.165, 1.54) is 0 Å². The van der Waals surface area contributed by atoms with E-state index in [2.05, 4.69) is 0 Å². The average molecular weight is 299 g/mol. The zero-order valence-corrected chi connectivity index (χ0v) is 11.7. The Morgan fingerprint density at radius 2 is 1.85 bits per heavy atom.